The molecule has 0 bridgehead atoms. The molecule has 0 saturated heterocycles. The number of unbranched alkanes of at least 4 members (excludes halogenated alkanes) is 1. The second kappa shape index (κ2) is 124. The summed E-state index contributed by atoms with van der Waals surface area (Å²) in [5.74, 6) is 6.27. The summed E-state index contributed by atoms with van der Waals surface area (Å²) >= 11 is 0. The number of ketones is 4. The van der Waals surface area contributed by atoms with Gasteiger partial charge in [-0.05, 0) is 170 Å². The Labute approximate surface area is 877 Å². The third-order valence-electron chi connectivity index (χ3n) is 18.4. The van der Waals surface area contributed by atoms with Gasteiger partial charge >= 0.3 is 11.9 Å². The van der Waals surface area contributed by atoms with Gasteiger partial charge in [-0.25, -0.2) is 0 Å². The lowest BCUT2D eigenvalue weighted by atomic mass is 10.0. The molecular formula is C114H264N12O14. The SMILES string of the molecule is C.C.C.C.C.C.C.C.C.C.CC(C)CC(NC(C)C)C(=O)O.CC(C)CC(NC(C)C)C(N)=O.CC(C)CCCCNCC(C)C.CC(C)CCCNC(C)C.CC(C)CNC(C)C(=O)C(C)C.CC(C)CNC(CC(C)C)C(=O)O.CC(C)CNC(CC(C)C)C(N)=O.CC(C)CNCCOCCOCCC(=O)C(C)C.CC(C)NC(C)C(=O)C(C)C.CC(C)NCCOCCOCCC(=O)C(C)C. The van der Waals surface area contributed by atoms with Crippen LogP contribution in [0.5, 0.6) is 0 Å². The molecule has 0 aliphatic heterocycles. The zero-order chi connectivity index (χ0) is 103. The number of Topliss-reactive ketones (excluding diaryl/α,β-unsaturated/α-hetero) is 4. The van der Waals surface area contributed by atoms with Crippen molar-refractivity contribution in [3.63, 3.8) is 0 Å². The summed E-state index contributed by atoms with van der Waals surface area (Å²) in [7, 11) is 0. The van der Waals surface area contributed by atoms with E-state index in [0.717, 1.165) is 69.9 Å². The van der Waals surface area contributed by atoms with E-state index in [1.165, 1.54) is 51.7 Å². The third kappa shape index (κ3) is 165. The molecule has 0 fully saturated rings. The minimum absolute atomic E-state index is 0. The van der Waals surface area contributed by atoms with Crippen LogP contribution in [0.1, 0.15) is 436 Å². The number of primary amides is 2. The van der Waals surface area contributed by atoms with E-state index in [-0.39, 0.29) is 158 Å². The van der Waals surface area contributed by atoms with Gasteiger partial charge in [0.25, 0.3) is 0 Å². The third-order valence-corrected chi connectivity index (χ3v) is 18.4. The fourth-order valence-electron chi connectivity index (χ4n) is 11.2. The first-order valence-electron chi connectivity index (χ1n) is 50.8. The maximum absolute atomic E-state index is 11.4. The highest BCUT2D eigenvalue weighted by Crippen LogP contribution is 2.12. The van der Waals surface area contributed by atoms with Gasteiger partial charge in [0.05, 0.1) is 77.0 Å². The number of carbonyl (C=O) groups is 8. The van der Waals surface area contributed by atoms with Gasteiger partial charge in [0.1, 0.15) is 23.7 Å². The van der Waals surface area contributed by atoms with E-state index >= 15 is 0 Å². The summed E-state index contributed by atoms with van der Waals surface area (Å²) in [5, 5.41) is 49.9. The molecule has 26 heteroatoms. The monoisotopic (exact) mass is 2030 g/mol. The summed E-state index contributed by atoms with van der Waals surface area (Å²) in [4.78, 5) is 88.7. The Balaban J connectivity index is -0.0000000633. The van der Waals surface area contributed by atoms with E-state index in [4.69, 9.17) is 40.6 Å². The van der Waals surface area contributed by atoms with Crippen LogP contribution in [0.15, 0.2) is 0 Å². The summed E-state index contributed by atoms with van der Waals surface area (Å²) in [5.41, 5.74) is 10.5. The zero-order valence-electron chi connectivity index (χ0n) is 92.8. The van der Waals surface area contributed by atoms with Gasteiger partial charge in [-0.2, -0.15) is 0 Å². The van der Waals surface area contributed by atoms with Crippen molar-refractivity contribution in [2.75, 3.05) is 112 Å². The molecule has 0 radical (unpaired) electrons. The minimum Gasteiger partial charge on any atom is -0.480 e. The molecule has 140 heavy (non-hydrogen) atoms. The molecule has 0 aliphatic carbocycles. The quantitative estimate of drug-likeness (QED) is 0.0252. The van der Waals surface area contributed by atoms with Crippen LogP contribution in [-0.2, 0) is 57.3 Å². The lowest BCUT2D eigenvalue weighted by Gasteiger charge is -2.19. The predicted octanol–water partition coefficient (Wildman–Crippen LogP) is 24.0. The predicted molar refractivity (Wildman–Crippen MR) is 623 cm³/mol. The molecule has 0 aromatic heterocycles. The highest BCUT2D eigenvalue weighted by atomic mass is 16.5. The highest BCUT2D eigenvalue weighted by molar-refractivity contribution is 5.86. The first-order valence-corrected chi connectivity index (χ1v) is 50.8. The Hall–Kier alpha value is -4.00. The molecule has 0 saturated carbocycles. The van der Waals surface area contributed by atoms with E-state index in [1.54, 1.807) is 0 Å². The van der Waals surface area contributed by atoms with Crippen molar-refractivity contribution in [2.24, 2.45) is 100 Å². The van der Waals surface area contributed by atoms with E-state index in [9.17, 15) is 38.4 Å². The molecular weight excluding hydrogens is 1760 g/mol. The van der Waals surface area contributed by atoms with Crippen LogP contribution in [0, 0.1) is 88.8 Å². The van der Waals surface area contributed by atoms with Crippen molar-refractivity contribution >= 4 is 46.9 Å². The first-order chi connectivity index (χ1) is 59.9. The number of amides is 2. The minimum atomic E-state index is -0.752. The van der Waals surface area contributed by atoms with Gasteiger partial charge in [-0.1, -0.05) is 364 Å². The van der Waals surface area contributed by atoms with Gasteiger partial charge in [-0.15, -0.1) is 0 Å². The van der Waals surface area contributed by atoms with Crippen molar-refractivity contribution in [2.45, 2.75) is 502 Å². The number of nitrogens with two attached hydrogens (primary N) is 2. The number of carboxylic acid groups (broad SMARTS) is 2. The highest BCUT2D eigenvalue weighted by Gasteiger charge is 2.23. The van der Waals surface area contributed by atoms with Crippen LogP contribution < -0.4 is 64.6 Å². The summed E-state index contributed by atoms with van der Waals surface area (Å²) < 4.78 is 21.4. The zero-order valence-corrected chi connectivity index (χ0v) is 92.8. The van der Waals surface area contributed by atoms with E-state index < -0.39 is 18.0 Å². The summed E-state index contributed by atoms with van der Waals surface area (Å²) in [6.45, 7) is 101. The average Bonchev–Trinajstić information content (AvgIpc) is 0.920. The number of rotatable bonds is 66. The van der Waals surface area contributed by atoms with Crippen LogP contribution in [-0.4, -0.2) is 235 Å². The fourth-order valence-corrected chi connectivity index (χ4v) is 11.2. The van der Waals surface area contributed by atoms with Gasteiger partial charge in [-0.3, -0.25) is 38.4 Å². The number of carboxylic acids is 2. The molecule has 6 unspecified atom stereocenters. The molecule has 0 aromatic rings. The smallest absolute Gasteiger partial charge is 0.320 e. The van der Waals surface area contributed by atoms with Crippen molar-refractivity contribution in [3.8, 4) is 0 Å². The van der Waals surface area contributed by atoms with Crippen LogP contribution >= 0.6 is 0 Å². The number of nitrogens with one attached hydrogen (secondary N) is 10. The maximum atomic E-state index is 11.4. The van der Waals surface area contributed by atoms with Gasteiger partial charge in [0, 0.05) is 79.8 Å². The van der Waals surface area contributed by atoms with Gasteiger partial charge < -0.3 is 93.8 Å². The Bertz CT molecular complexity index is 2420. The Morgan fingerprint density at radius 1 is 0.243 bits per heavy atom. The molecule has 0 heterocycles. The van der Waals surface area contributed by atoms with Crippen molar-refractivity contribution < 1.29 is 67.5 Å². The van der Waals surface area contributed by atoms with Gasteiger partial charge in [0.15, 0.2) is 11.6 Å². The molecule has 0 spiro atoms. The Kier molecular flexibility index (Phi) is 163. The largest absolute Gasteiger partial charge is 0.480 e. The lowest BCUT2D eigenvalue weighted by Crippen LogP contribution is -2.45. The molecule has 2 amide bonds. The number of carbonyl (C=O) groups excluding carboxylic acids is 6. The van der Waals surface area contributed by atoms with Crippen LogP contribution in [0.25, 0.3) is 0 Å². The normalized spacial score (nSPS) is 11.9. The van der Waals surface area contributed by atoms with Crippen molar-refractivity contribution in [3.05, 3.63) is 0 Å². The molecule has 0 rings (SSSR count). The second-order valence-electron chi connectivity index (χ2n) is 42.2. The molecule has 16 N–H and O–H groups in total. The molecule has 26 nitrogen and oxygen atoms in total. The molecule has 6 atom stereocenters. The summed E-state index contributed by atoms with van der Waals surface area (Å²) in [6.07, 6.45) is 10.8. The van der Waals surface area contributed by atoms with Crippen molar-refractivity contribution in [1.29, 1.82) is 0 Å². The number of ether oxygens (including phenoxy) is 4. The summed E-state index contributed by atoms with van der Waals surface area (Å²) in [6, 6.07) is 0.935. The maximum Gasteiger partial charge on any atom is 0.320 e. The lowest BCUT2D eigenvalue weighted by molar-refractivity contribution is -0.141. The van der Waals surface area contributed by atoms with Crippen LogP contribution in [0.3, 0.4) is 0 Å². The van der Waals surface area contributed by atoms with Crippen LogP contribution in [0.4, 0.5) is 0 Å². The number of aliphatic carboxylic acids is 2. The van der Waals surface area contributed by atoms with E-state index in [1.807, 2.05) is 138 Å². The van der Waals surface area contributed by atoms with Gasteiger partial charge in [0.2, 0.25) is 11.8 Å². The number of hydrogen-bond acceptors (Lipinski definition) is 22. The molecule has 0 aromatic carbocycles. The Morgan fingerprint density at radius 2 is 0.521 bits per heavy atom. The standard InChI is InChI=1S/C14H29NO3.C13H27NO3.C11H25N.C10H22N2O.C10H21NO2.C10H21NO.C9H20N2O.C9H19NO2.C9H19NO.C9H21N.10CH4/c1-12(2)11-15-6-8-18-10-9-17-7-5-14(16)13(3)4;1-11(2)13(15)5-7-16-9-10-17-8-6-14-12(3)4;1-10(2)7-5-6-8-12-9-11(3)4;1-7(2)5-9(10(11)13)12-6-8(3)4;1-7(2)5-9(10(12)13)11-6-8(3)4;1-7(2)6-11-9(5)10(12)8(3)4;1-6(2)5-8(9(10)12)11-7(3)4;1-6(2)5-8(9(11)12)10-7(3)4;1-6(2)9(11)8(5)10-7(3)4;1-8(2)6-5-7-10-9(3)4;;;;;;;;;;/h12-13,15H,5-11H2,1-4H3;11-12,14H,5-10H2,1-4H3;10-12H,5-9H2,1-4H3;7-9,12H,5-6H2,1-4H3,(H2,11,13);7-9,11H,5-6H2,1-4H3,(H,12,13);7-9,11H,6H2,1-5H3;6-8,11H,5H2,1-4H3,(H2,10,12);6-8,10H,5H2,1-4H3,(H,11,12);6-8,10H,1-5H3;8-10H,5-7H2,1-4H3;10*1H4. The second-order valence-corrected chi connectivity index (χ2v) is 42.2. The van der Waals surface area contributed by atoms with E-state index in [0.29, 0.717) is 162 Å². The van der Waals surface area contributed by atoms with Crippen LogP contribution in [0.2, 0.25) is 0 Å². The first kappa shape index (κ1) is 184. The average molecular weight is 2030 g/mol. The molecule has 864 valence electrons. The fraction of sp³-hybridized carbons (Fsp3) is 0.930. The number of hydrogen-bond donors (Lipinski definition) is 14. The Morgan fingerprint density at radius 3 is 0.821 bits per heavy atom. The molecule has 0 aliphatic rings. The topological polar surface area (TPSA) is 386 Å². The van der Waals surface area contributed by atoms with E-state index in [2.05, 4.69) is 205 Å². The van der Waals surface area contributed by atoms with Crippen molar-refractivity contribution in [1.82, 2.24) is 53.2 Å².